The number of aryl methyl sites for hydroxylation is 1. The molecule has 0 radical (unpaired) electrons. The van der Waals surface area contributed by atoms with E-state index in [9.17, 15) is 18.0 Å². The fourth-order valence-corrected chi connectivity index (χ4v) is 2.78. The van der Waals surface area contributed by atoms with Crippen LogP contribution in [0.25, 0.3) is 0 Å². The molecule has 0 aliphatic heterocycles. The van der Waals surface area contributed by atoms with Crippen LogP contribution in [0.5, 0.6) is 0 Å². The highest BCUT2D eigenvalue weighted by atomic mass is 19.4. The maximum absolute atomic E-state index is 12.2. The molecule has 0 spiro atoms. The van der Waals surface area contributed by atoms with E-state index in [1.807, 2.05) is 24.3 Å². The van der Waals surface area contributed by atoms with Crippen LogP contribution in [0.1, 0.15) is 30.0 Å². The molecule has 1 aliphatic rings. The van der Waals surface area contributed by atoms with Crippen molar-refractivity contribution in [1.29, 1.82) is 0 Å². The first-order valence-corrected chi connectivity index (χ1v) is 7.22. The van der Waals surface area contributed by atoms with Gasteiger partial charge in [0.2, 0.25) is 0 Å². The van der Waals surface area contributed by atoms with Crippen molar-refractivity contribution in [3.8, 4) is 0 Å². The molecular weight excluding hydrogens is 297 g/mol. The molecule has 122 valence electrons. The number of hydrogen-bond donors (Lipinski definition) is 2. The Bertz CT molecular complexity index is 520. The lowest BCUT2D eigenvalue weighted by Gasteiger charge is -2.29. The Kier molecular flexibility index (Phi) is 5.28. The van der Waals surface area contributed by atoms with Crippen LogP contribution in [-0.2, 0) is 6.42 Å². The van der Waals surface area contributed by atoms with Gasteiger partial charge in [-0.15, -0.1) is 0 Å². The number of rotatable bonds is 5. The Labute approximate surface area is 126 Å². The molecule has 4 nitrogen and oxygen atoms in total. The topological polar surface area (TPSA) is 52.6 Å². The standard InChI is InChI=1S/C15H19F3N2O2/c16-15(17,18)7-8-19-14(22)20(9-10-21)13-6-5-11-3-1-2-4-12(11)13/h1-4,13,21H,5-10H2,(H,19,22). The highest BCUT2D eigenvalue weighted by Crippen LogP contribution is 2.35. The monoisotopic (exact) mass is 316 g/mol. The Morgan fingerprint density at radius 2 is 2.09 bits per heavy atom. The molecule has 0 saturated carbocycles. The quantitative estimate of drug-likeness (QED) is 0.877. The number of aliphatic hydroxyl groups excluding tert-OH is 1. The number of benzene rings is 1. The number of urea groups is 1. The zero-order valence-electron chi connectivity index (χ0n) is 12.1. The first-order chi connectivity index (χ1) is 10.4. The molecule has 0 bridgehead atoms. The molecule has 2 amide bonds. The van der Waals surface area contributed by atoms with Gasteiger partial charge < -0.3 is 15.3 Å². The SMILES string of the molecule is O=C(NCCC(F)(F)F)N(CCO)C1CCc2ccccc21. The number of nitrogens with zero attached hydrogens (tertiary/aromatic N) is 1. The molecule has 0 saturated heterocycles. The summed E-state index contributed by atoms with van der Waals surface area (Å²) >= 11 is 0. The lowest BCUT2D eigenvalue weighted by Crippen LogP contribution is -2.44. The van der Waals surface area contributed by atoms with E-state index in [0.29, 0.717) is 6.42 Å². The van der Waals surface area contributed by atoms with Gasteiger partial charge in [-0.1, -0.05) is 24.3 Å². The first kappa shape index (κ1) is 16.6. The van der Waals surface area contributed by atoms with Crippen LogP contribution in [-0.4, -0.2) is 41.9 Å². The smallest absolute Gasteiger partial charge is 0.390 e. The highest BCUT2D eigenvalue weighted by Gasteiger charge is 2.31. The van der Waals surface area contributed by atoms with E-state index in [2.05, 4.69) is 5.32 Å². The molecule has 2 rings (SSSR count). The summed E-state index contributed by atoms with van der Waals surface area (Å²) in [7, 11) is 0. The summed E-state index contributed by atoms with van der Waals surface area (Å²) in [6.07, 6.45) is -3.83. The number of carbonyl (C=O) groups is 1. The number of nitrogens with one attached hydrogen (secondary N) is 1. The predicted molar refractivity (Wildman–Crippen MR) is 75.4 cm³/mol. The van der Waals surface area contributed by atoms with E-state index in [4.69, 9.17) is 5.11 Å². The molecule has 0 fully saturated rings. The van der Waals surface area contributed by atoms with Gasteiger partial charge in [0.05, 0.1) is 19.1 Å². The molecule has 1 unspecified atom stereocenters. The Balaban J connectivity index is 2.02. The molecule has 0 aromatic heterocycles. The fourth-order valence-electron chi connectivity index (χ4n) is 2.78. The lowest BCUT2D eigenvalue weighted by atomic mass is 10.1. The van der Waals surface area contributed by atoms with Crippen molar-refractivity contribution in [2.24, 2.45) is 0 Å². The average Bonchev–Trinajstić information content (AvgIpc) is 2.87. The number of amides is 2. The number of alkyl halides is 3. The second-order valence-corrected chi connectivity index (χ2v) is 5.27. The van der Waals surface area contributed by atoms with Gasteiger partial charge >= 0.3 is 12.2 Å². The van der Waals surface area contributed by atoms with Gasteiger partial charge in [-0.05, 0) is 24.0 Å². The molecular formula is C15H19F3N2O2. The van der Waals surface area contributed by atoms with Crippen molar-refractivity contribution in [1.82, 2.24) is 10.2 Å². The van der Waals surface area contributed by atoms with Gasteiger partial charge in [0, 0.05) is 13.1 Å². The predicted octanol–water partition coefficient (Wildman–Crippen LogP) is 2.63. The third-order valence-corrected chi connectivity index (χ3v) is 3.76. The van der Waals surface area contributed by atoms with E-state index < -0.39 is 25.2 Å². The van der Waals surface area contributed by atoms with Crippen LogP contribution in [0, 0.1) is 0 Å². The maximum Gasteiger partial charge on any atom is 0.390 e. The van der Waals surface area contributed by atoms with Gasteiger partial charge in [0.1, 0.15) is 0 Å². The van der Waals surface area contributed by atoms with Crippen molar-refractivity contribution < 1.29 is 23.1 Å². The lowest BCUT2D eigenvalue weighted by molar-refractivity contribution is -0.133. The zero-order chi connectivity index (χ0) is 16.2. The number of hydrogen-bond acceptors (Lipinski definition) is 2. The molecule has 22 heavy (non-hydrogen) atoms. The van der Waals surface area contributed by atoms with E-state index in [0.717, 1.165) is 17.5 Å². The van der Waals surface area contributed by atoms with Crippen molar-refractivity contribution in [3.05, 3.63) is 35.4 Å². The summed E-state index contributed by atoms with van der Waals surface area (Å²) in [5.41, 5.74) is 2.14. The van der Waals surface area contributed by atoms with Gasteiger partial charge in [-0.3, -0.25) is 0 Å². The summed E-state index contributed by atoms with van der Waals surface area (Å²) in [5, 5.41) is 11.4. The van der Waals surface area contributed by atoms with Crippen LogP contribution in [0.2, 0.25) is 0 Å². The minimum Gasteiger partial charge on any atom is -0.395 e. The minimum absolute atomic E-state index is 0.0941. The van der Waals surface area contributed by atoms with E-state index >= 15 is 0 Å². The van der Waals surface area contributed by atoms with Gasteiger partial charge in [-0.2, -0.15) is 13.2 Å². The first-order valence-electron chi connectivity index (χ1n) is 7.22. The molecule has 1 aromatic carbocycles. The maximum atomic E-state index is 12.2. The van der Waals surface area contributed by atoms with E-state index in [-0.39, 0.29) is 19.2 Å². The zero-order valence-corrected chi connectivity index (χ0v) is 12.1. The van der Waals surface area contributed by atoms with Crippen molar-refractivity contribution in [2.75, 3.05) is 19.7 Å². The van der Waals surface area contributed by atoms with Gasteiger partial charge in [0.25, 0.3) is 0 Å². The second kappa shape index (κ2) is 7.00. The Morgan fingerprint density at radius 3 is 2.77 bits per heavy atom. The third kappa shape index (κ3) is 4.13. The normalized spacial score (nSPS) is 17.2. The third-order valence-electron chi connectivity index (χ3n) is 3.76. The van der Waals surface area contributed by atoms with Crippen LogP contribution in [0.3, 0.4) is 0 Å². The number of carbonyl (C=O) groups excluding carboxylic acids is 1. The summed E-state index contributed by atoms with van der Waals surface area (Å²) in [6, 6.07) is 6.92. The molecule has 1 aromatic rings. The van der Waals surface area contributed by atoms with E-state index in [1.165, 1.54) is 4.90 Å². The molecule has 2 N–H and O–H groups in total. The summed E-state index contributed by atoms with van der Waals surface area (Å²) < 4.78 is 36.4. The Morgan fingerprint density at radius 1 is 1.36 bits per heavy atom. The summed E-state index contributed by atoms with van der Waals surface area (Å²) in [4.78, 5) is 13.6. The van der Waals surface area contributed by atoms with Crippen LogP contribution < -0.4 is 5.32 Å². The molecule has 1 atom stereocenters. The number of halogens is 3. The molecule has 1 aliphatic carbocycles. The summed E-state index contributed by atoms with van der Waals surface area (Å²) in [5.74, 6) is 0. The fraction of sp³-hybridized carbons (Fsp3) is 0.533. The Hall–Kier alpha value is -1.76. The highest BCUT2D eigenvalue weighted by molar-refractivity contribution is 5.75. The van der Waals surface area contributed by atoms with Gasteiger partial charge in [-0.25, -0.2) is 4.79 Å². The number of aliphatic hydroxyl groups is 1. The van der Waals surface area contributed by atoms with Crippen molar-refractivity contribution >= 4 is 6.03 Å². The van der Waals surface area contributed by atoms with Crippen LogP contribution >= 0.6 is 0 Å². The molecule has 7 heteroatoms. The second-order valence-electron chi connectivity index (χ2n) is 5.27. The van der Waals surface area contributed by atoms with Crippen molar-refractivity contribution in [3.63, 3.8) is 0 Å². The largest absolute Gasteiger partial charge is 0.395 e. The van der Waals surface area contributed by atoms with Crippen molar-refractivity contribution in [2.45, 2.75) is 31.5 Å². The minimum atomic E-state index is -4.30. The van der Waals surface area contributed by atoms with Crippen LogP contribution in [0.4, 0.5) is 18.0 Å². The van der Waals surface area contributed by atoms with E-state index in [1.54, 1.807) is 0 Å². The summed E-state index contributed by atoms with van der Waals surface area (Å²) in [6.45, 7) is -0.596. The number of fused-ring (bicyclic) bond motifs is 1. The van der Waals surface area contributed by atoms with Crippen LogP contribution in [0.15, 0.2) is 24.3 Å². The average molecular weight is 316 g/mol. The molecule has 0 heterocycles. The van der Waals surface area contributed by atoms with Gasteiger partial charge in [0.15, 0.2) is 0 Å².